The summed E-state index contributed by atoms with van der Waals surface area (Å²) in [5.74, 6) is -0.290. The number of rotatable bonds is 6. The van der Waals surface area contributed by atoms with Crippen LogP contribution >= 0.6 is 11.6 Å². The normalized spacial score (nSPS) is 11.4. The molecule has 0 aliphatic heterocycles. The summed E-state index contributed by atoms with van der Waals surface area (Å²) in [7, 11) is -3.45. The Morgan fingerprint density at radius 2 is 2.05 bits per heavy atom. The van der Waals surface area contributed by atoms with E-state index in [0.717, 1.165) is 11.3 Å². The molecule has 1 N–H and O–H groups in total. The smallest absolute Gasteiger partial charge is 0.216 e. The van der Waals surface area contributed by atoms with Crippen LogP contribution in [0.3, 0.4) is 0 Å². The standard InChI is InChI=1S/C13H14ClN3O2S/c1-11(14)10-20(18,19)16-8-12-7-15-17(9-12)13-5-3-2-4-6-13/h2-7,9,16H,1,8,10H2. The number of aromatic nitrogens is 2. The fourth-order valence-electron chi connectivity index (χ4n) is 1.62. The summed E-state index contributed by atoms with van der Waals surface area (Å²) in [6.45, 7) is 3.53. The van der Waals surface area contributed by atoms with E-state index >= 15 is 0 Å². The van der Waals surface area contributed by atoms with Crippen LogP contribution in [0.5, 0.6) is 0 Å². The highest BCUT2D eigenvalue weighted by molar-refractivity contribution is 7.89. The molecule has 0 atom stereocenters. The van der Waals surface area contributed by atoms with Crippen molar-refractivity contribution in [2.75, 3.05) is 5.75 Å². The Labute approximate surface area is 122 Å². The predicted octanol–water partition coefficient (Wildman–Crippen LogP) is 2.04. The van der Waals surface area contributed by atoms with Crippen molar-refractivity contribution in [2.45, 2.75) is 6.54 Å². The first kappa shape index (κ1) is 14.8. The second-order valence-electron chi connectivity index (χ2n) is 4.23. The highest BCUT2D eigenvalue weighted by atomic mass is 35.5. The number of benzene rings is 1. The van der Waals surface area contributed by atoms with Gasteiger partial charge < -0.3 is 0 Å². The molecular weight excluding hydrogens is 298 g/mol. The van der Waals surface area contributed by atoms with Gasteiger partial charge in [-0.15, -0.1) is 0 Å². The summed E-state index contributed by atoms with van der Waals surface area (Å²) in [6.07, 6.45) is 3.39. The molecule has 20 heavy (non-hydrogen) atoms. The van der Waals surface area contributed by atoms with Crippen LogP contribution in [-0.4, -0.2) is 24.0 Å². The van der Waals surface area contributed by atoms with Crippen molar-refractivity contribution in [1.82, 2.24) is 14.5 Å². The zero-order chi connectivity index (χ0) is 14.6. The Kier molecular flexibility index (Phi) is 4.59. The second kappa shape index (κ2) is 6.21. The van der Waals surface area contributed by atoms with Gasteiger partial charge in [0.2, 0.25) is 10.0 Å². The fourth-order valence-corrected chi connectivity index (χ4v) is 2.96. The minimum Gasteiger partial charge on any atom is -0.241 e. The molecule has 0 amide bonds. The van der Waals surface area contributed by atoms with E-state index in [1.165, 1.54) is 0 Å². The Hall–Kier alpha value is -1.63. The zero-order valence-electron chi connectivity index (χ0n) is 10.7. The second-order valence-corrected chi connectivity index (χ2v) is 6.57. The molecule has 0 spiro atoms. The Morgan fingerprint density at radius 1 is 1.35 bits per heavy atom. The maximum absolute atomic E-state index is 11.6. The van der Waals surface area contributed by atoms with E-state index in [1.54, 1.807) is 17.1 Å². The third-order valence-corrected chi connectivity index (χ3v) is 4.10. The van der Waals surface area contributed by atoms with Crippen LogP contribution in [0.1, 0.15) is 5.56 Å². The van der Waals surface area contributed by atoms with Gasteiger partial charge in [0.15, 0.2) is 0 Å². The molecule has 0 saturated carbocycles. The van der Waals surface area contributed by atoms with E-state index in [-0.39, 0.29) is 17.3 Å². The summed E-state index contributed by atoms with van der Waals surface area (Å²) in [4.78, 5) is 0. The molecule has 106 valence electrons. The van der Waals surface area contributed by atoms with Crippen molar-refractivity contribution in [2.24, 2.45) is 0 Å². The monoisotopic (exact) mass is 311 g/mol. The third kappa shape index (κ3) is 4.19. The quantitative estimate of drug-likeness (QED) is 0.888. The van der Waals surface area contributed by atoms with Crippen molar-refractivity contribution >= 4 is 21.6 Å². The molecule has 1 aromatic heterocycles. The predicted molar refractivity (Wildman–Crippen MR) is 79.2 cm³/mol. The molecule has 1 aromatic carbocycles. The van der Waals surface area contributed by atoms with Crippen LogP contribution < -0.4 is 4.72 Å². The van der Waals surface area contributed by atoms with Gasteiger partial charge in [-0.1, -0.05) is 36.4 Å². The summed E-state index contributed by atoms with van der Waals surface area (Å²) >= 11 is 5.50. The summed E-state index contributed by atoms with van der Waals surface area (Å²) in [6, 6.07) is 9.56. The number of hydrogen-bond acceptors (Lipinski definition) is 3. The van der Waals surface area contributed by atoms with Crippen molar-refractivity contribution in [1.29, 1.82) is 0 Å². The molecule has 0 aliphatic carbocycles. The van der Waals surface area contributed by atoms with Gasteiger partial charge in [-0.3, -0.25) is 0 Å². The Bertz CT molecular complexity index is 695. The van der Waals surface area contributed by atoms with Crippen LogP contribution in [0.25, 0.3) is 5.69 Å². The first-order chi connectivity index (χ1) is 9.46. The molecule has 0 bridgehead atoms. The SMILES string of the molecule is C=C(Cl)CS(=O)(=O)NCc1cnn(-c2ccccc2)c1. The number of nitrogens with one attached hydrogen (secondary N) is 1. The van der Waals surface area contributed by atoms with Crippen LogP contribution in [-0.2, 0) is 16.6 Å². The summed E-state index contributed by atoms with van der Waals surface area (Å²) < 4.78 is 27.3. The fraction of sp³-hybridized carbons (Fsp3) is 0.154. The van der Waals surface area contributed by atoms with Crippen molar-refractivity contribution < 1.29 is 8.42 Å². The van der Waals surface area contributed by atoms with Gasteiger partial charge in [-0.05, 0) is 12.1 Å². The van der Waals surface area contributed by atoms with Gasteiger partial charge in [-0.2, -0.15) is 5.10 Å². The highest BCUT2D eigenvalue weighted by Gasteiger charge is 2.11. The maximum atomic E-state index is 11.6. The van der Waals surface area contributed by atoms with Gasteiger partial charge in [-0.25, -0.2) is 17.8 Å². The molecule has 2 rings (SSSR count). The number of hydrogen-bond donors (Lipinski definition) is 1. The van der Waals surface area contributed by atoms with Crippen molar-refractivity contribution in [3.8, 4) is 5.69 Å². The van der Waals surface area contributed by atoms with Gasteiger partial charge in [0.1, 0.15) is 0 Å². The number of halogens is 1. The largest absolute Gasteiger partial charge is 0.241 e. The zero-order valence-corrected chi connectivity index (χ0v) is 12.2. The van der Waals surface area contributed by atoms with E-state index in [0.29, 0.717) is 0 Å². The molecule has 0 fully saturated rings. The summed E-state index contributed by atoms with van der Waals surface area (Å²) in [5, 5.41) is 4.27. The first-order valence-corrected chi connectivity index (χ1v) is 7.89. The van der Waals surface area contributed by atoms with Crippen molar-refractivity contribution in [3.63, 3.8) is 0 Å². The molecule has 0 aliphatic rings. The molecule has 1 heterocycles. The highest BCUT2D eigenvalue weighted by Crippen LogP contribution is 2.08. The van der Waals surface area contributed by atoms with E-state index in [4.69, 9.17) is 11.6 Å². The van der Waals surface area contributed by atoms with E-state index in [2.05, 4.69) is 16.4 Å². The molecule has 0 saturated heterocycles. The molecule has 7 heteroatoms. The molecule has 0 unspecified atom stereocenters. The van der Waals surface area contributed by atoms with Crippen LogP contribution in [0.15, 0.2) is 54.3 Å². The van der Waals surface area contributed by atoms with E-state index in [1.807, 2.05) is 30.3 Å². The first-order valence-electron chi connectivity index (χ1n) is 5.86. The topological polar surface area (TPSA) is 64.0 Å². The van der Waals surface area contributed by atoms with Crippen molar-refractivity contribution in [3.05, 3.63) is 59.9 Å². The lowest BCUT2D eigenvalue weighted by molar-refractivity contribution is 0.584. The maximum Gasteiger partial charge on any atom is 0.216 e. The average Bonchev–Trinajstić information content (AvgIpc) is 2.85. The lowest BCUT2D eigenvalue weighted by Crippen LogP contribution is -2.25. The molecular formula is C13H14ClN3O2S. The number of nitrogens with zero attached hydrogens (tertiary/aromatic N) is 2. The van der Waals surface area contributed by atoms with Gasteiger partial charge >= 0.3 is 0 Å². The third-order valence-electron chi connectivity index (χ3n) is 2.50. The van der Waals surface area contributed by atoms with E-state index < -0.39 is 10.0 Å². The van der Waals surface area contributed by atoms with Crippen LogP contribution in [0, 0.1) is 0 Å². The lowest BCUT2D eigenvalue weighted by atomic mass is 10.3. The number of para-hydroxylation sites is 1. The molecule has 5 nitrogen and oxygen atoms in total. The Balaban J connectivity index is 2.02. The van der Waals surface area contributed by atoms with Crippen LogP contribution in [0.4, 0.5) is 0 Å². The number of sulfonamides is 1. The minimum absolute atomic E-state index is 0.0810. The molecule has 2 aromatic rings. The van der Waals surface area contributed by atoms with E-state index in [9.17, 15) is 8.42 Å². The molecule has 0 radical (unpaired) electrons. The minimum atomic E-state index is -3.45. The summed E-state index contributed by atoms with van der Waals surface area (Å²) in [5.41, 5.74) is 1.67. The lowest BCUT2D eigenvalue weighted by Gasteiger charge is -2.03. The van der Waals surface area contributed by atoms with Gasteiger partial charge in [0.05, 0.1) is 17.6 Å². The average molecular weight is 312 g/mol. The van der Waals surface area contributed by atoms with Crippen LogP contribution in [0.2, 0.25) is 0 Å². The van der Waals surface area contributed by atoms with Gasteiger partial charge in [0, 0.05) is 23.3 Å². The van der Waals surface area contributed by atoms with Gasteiger partial charge in [0.25, 0.3) is 0 Å². The Morgan fingerprint density at radius 3 is 2.70 bits per heavy atom.